The standard InChI is InChI=1S/C17H34O6/c1-2-3-4-5-6-7-8-9-20-10-11-21-12-13-22-14-15-23-16-17(18)19/h2-16H2,1H3,(H,18,19). The molecule has 0 saturated heterocycles. The van der Waals surface area contributed by atoms with Crippen molar-refractivity contribution in [3.05, 3.63) is 0 Å². The molecule has 0 amide bonds. The average Bonchev–Trinajstić information content (AvgIpc) is 2.53. The van der Waals surface area contributed by atoms with Crippen molar-refractivity contribution in [3.8, 4) is 0 Å². The number of rotatable bonds is 19. The number of carboxylic acid groups (broad SMARTS) is 1. The smallest absolute Gasteiger partial charge is 0.329 e. The molecule has 1 N–H and O–H groups in total. The third kappa shape index (κ3) is 21.3. The third-order valence-electron chi connectivity index (χ3n) is 3.23. The van der Waals surface area contributed by atoms with E-state index in [9.17, 15) is 4.79 Å². The van der Waals surface area contributed by atoms with Crippen LogP contribution in [0.1, 0.15) is 51.9 Å². The lowest BCUT2D eigenvalue weighted by Gasteiger charge is -2.07. The number of unbranched alkanes of at least 4 members (excludes halogenated alkanes) is 6. The molecule has 0 aromatic rings. The van der Waals surface area contributed by atoms with Gasteiger partial charge in [0.25, 0.3) is 0 Å². The normalized spacial score (nSPS) is 11.0. The van der Waals surface area contributed by atoms with Gasteiger partial charge in [-0.15, -0.1) is 0 Å². The molecule has 0 aromatic heterocycles. The first-order valence-electron chi connectivity index (χ1n) is 8.80. The summed E-state index contributed by atoms with van der Waals surface area (Å²) in [5, 5.41) is 8.35. The molecule has 0 radical (unpaired) electrons. The second-order valence-corrected chi connectivity index (χ2v) is 5.40. The fourth-order valence-corrected chi connectivity index (χ4v) is 1.98. The summed E-state index contributed by atoms with van der Waals surface area (Å²) >= 11 is 0. The van der Waals surface area contributed by atoms with Crippen molar-refractivity contribution in [1.82, 2.24) is 0 Å². The lowest BCUT2D eigenvalue weighted by atomic mass is 10.1. The van der Waals surface area contributed by atoms with Gasteiger partial charge in [0.2, 0.25) is 0 Å². The maximum absolute atomic E-state index is 10.2. The molecule has 0 aliphatic carbocycles. The minimum absolute atomic E-state index is 0.282. The van der Waals surface area contributed by atoms with Crippen LogP contribution in [-0.4, -0.2) is 63.9 Å². The maximum Gasteiger partial charge on any atom is 0.329 e. The predicted octanol–water partition coefficient (Wildman–Crippen LogP) is 2.89. The summed E-state index contributed by atoms with van der Waals surface area (Å²) in [7, 11) is 0. The van der Waals surface area contributed by atoms with Crippen LogP contribution in [0.25, 0.3) is 0 Å². The van der Waals surface area contributed by atoms with E-state index in [0.717, 1.165) is 13.0 Å². The molecule has 0 aliphatic heterocycles. The van der Waals surface area contributed by atoms with Crippen molar-refractivity contribution >= 4 is 5.97 Å². The van der Waals surface area contributed by atoms with Crippen LogP contribution >= 0.6 is 0 Å². The van der Waals surface area contributed by atoms with E-state index < -0.39 is 5.97 Å². The monoisotopic (exact) mass is 334 g/mol. The van der Waals surface area contributed by atoms with E-state index in [-0.39, 0.29) is 13.2 Å². The molecular formula is C17H34O6. The van der Waals surface area contributed by atoms with Gasteiger partial charge in [0, 0.05) is 6.61 Å². The lowest BCUT2D eigenvalue weighted by Crippen LogP contribution is -2.14. The zero-order valence-corrected chi connectivity index (χ0v) is 14.6. The van der Waals surface area contributed by atoms with Crippen LogP contribution in [0.15, 0.2) is 0 Å². The number of hydrogen-bond donors (Lipinski definition) is 1. The highest BCUT2D eigenvalue weighted by Gasteiger charge is 1.96. The maximum atomic E-state index is 10.2. The van der Waals surface area contributed by atoms with Crippen molar-refractivity contribution in [2.45, 2.75) is 51.9 Å². The molecule has 138 valence electrons. The Balaban J connectivity index is 2.96. The third-order valence-corrected chi connectivity index (χ3v) is 3.23. The van der Waals surface area contributed by atoms with Gasteiger partial charge in [0.15, 0.2) is 0 Å². The van der Waals surface area contributed by atoms with Crippen molar-refractivity contribution in [3.63, 3.8) is 0 Å². The first kappa shape index (κ1) is 22.3. The highest BCUT2D eigenvalue weighted by Crippen LogP contribution is 2.06. The first-order valence-corrected chi connectivity index (χ1v) is 8.80. The summed E-state index contributed by atoms with van der Waals surface area (Å²) in [6, 6.07) is 0. The van der Waals surface area contributed by atoms with Gasteiger partial charge < -0.3 is 24.1 Å². The Labute approximate surface area is 140 Å². The Morgan fingerprint density at radius 3 is 1.61 bits per heavy atom. The van der Waals surface area contributed by atoms with Crippen LogP contribution in [0.5, 0.6) is 0 Å². The number of hydrogen-bond acceptors (Lipinski definition) is 5. The van der Waals surface area contributed by atoms with Crippen LogP contribution in [0.4, 0.5) is 0 Å². The van der Waals surface area contributed by atoms with E-state index >= 15 is 0 Å². The zero-order valence-electron chi connectivity index (χ0n) is 14.6. The van der Waals surface area contributed by atoms with Gasteiger partial charge in [-0.25, -0.2) is 4.79 Å². The van der Waals surface area contributed by atoms with E-state index in [2.05, 4.69) is 6.92 Å². The fraction of sp³-hybridized carbons (Fsp3) is 0.941. The van der Waals surface area contributed by atoms with Gasteiger partial charge in [0.05, 0.1) is 39.6 Å². The van der Waals surface area contributed by atoms with E-state index in [1.807, 2.05) is 0 Å². The molecule has 0 saturated carbocycles. The molecular weight excluding hydrogens is 300 g/mol. The zero-order chi connectivity index (χ0) is 17.0. The largest absolute Gasteiger partial charge is 0.480 e. The topological polar surface area (TPSA) is 74.2 Å². The van der Waals surface area contributed by atoms with E-state index in [4.69, 9.17) is 24.1 Å². The predicted molar refractivity (Wildman–Crippen MR) is 88.9 cm³/mol. The Kier molecular flexibility index (Phi) is 18.8. The lowest BCUT2D eigenvalue weighted by molar-refractivity contribution is -0.142. The number of carboxylic acids is 1. The minimum Gasteiger partial charge on any atom is -0.480 e. The highest BCUT2D eigenvalue weighted by atomic mass is 16.6. The van der Waals surface area contributed by atoms with E-state index in [1.54, 1.807) is 0 Å². The van der Waals surface area contributed by atoms with Crippen molar-refractivity contribution in [2.75, 3.05) is 52.9 Å². The molecule has 0 rings (SSSR count). The summed E-state index contributed by atoms with van der Waals surface area (Å²) in [5.41, 5.74) is 0. The summed E-state index contributed by atoms with van der Waals surface area (Å²) in [4.78, 5) is 10.2. The molecule has 6 nitrogen and oxygen atoms in total. The Bertz CT molecular complexity index is 247. The van der Waals surface area contributed by atoms with Crippen LogP contribution in [0.3, 0.4) is 0 Å². The molecule has 0 aliphatic rings. The molecule has 0 aromatic carbocycles. The van der Waals surface area contributed by atoms with Crippen LogP contribution < -0.4 is 0 Å². The second-order valence-electron chi connectivity index (χ2n) is 5.40. The number of ether oxygens (including phenoxy) is 4. The van der Waals surface area contributed by atoms with Crippen LogP contribution in [-0.2, 0) is 23.7 Å². The van der Waals surface area contributed by atoms with Gasteiger partial charge in [-0.2, -0.15) is 0 Å². The molecule has 0 atom stereocenters. The molecule has 0 unspecified atom stereocenters. The Hall–Kier alpha value is -0.690. The van der Waals surface area contributed by atoms with Crippen molar-refractivity contribution in [2.24, 2.45) is 0 Å². The molecule has 6 heteroatoms. The summed E-state index contributed by atoms with van der Waals surface area (Å²) in [5.74, 6) is -0.968. The van der Waals surface area contributed by atoms with Crippen LogP contribution in [0.2, 0.25) is 0 Å². The molecule has 0 bridgehead atoms. The summed E-state index contributed by atoms with van der Waals surface area (Å²) in [6.45, 7) is 5.63. The highest BCUT2D eigenvalue weighted by molar-refractivity contribution is 5.67. The Morgan fingerprint density at radius 1 is 0.652 bits per heavy atom. The summed E-state index contributed by atoms with van der Waals surface area (Å²) in [6.07, 6.45) is 9.05. The van der Waals surface area contributed by atoms with E-state index in [1.165, 1.54) is 38.5 Å². The minimum atomic E-state index is -0.968. The first-order chi connectivity index (χ1) is 11.3. The van der Waals surface area contributed by atoms with Gasteiger partial charge >= 0.3 is 5.97 Å². The molecule has 0 spiro atoms. The van der Waals surface area contributed by atoms with E-state index in [0.29, 0.717) is 33.0 Å². The molecule has 0 heterocycles. The van der Waals surface area contributed by atoms with Crippen molar-refractivity contribution < 1.29 is 28.8 Å². The number of carbonyl (C=O) groups is 1. The summed E-state index contributed by atoms with van der Waals surface area (Å²) < 4.78 is 20.9. The Morgan fingerprint density at radius 2 is 1.09 bits per heavy atom. The average molecular weight is 334 g/mol. The molecule has 23 heavy (non-hydrogen) atoms. The quantitative estimate of drug-likeness (QED) is 0.366. The SMILES string of the molecule is CCCCCCCCCOCCOCCOCCOCC(=O)O. The number of aliphatic carboxylic acids is 1. The second kappa shape index (κ2) is 19.4. The van der Waals surface area contributed by atoms with Crippen LogP contribution in [0, 0.1) is 0 Å². The van der Waals surface area contributed by atoms with Crippen molar-refractivity contribution in [1.29, 1.82) is 0 Å². The van der Waals surface area contributed by atoms with Gasteiger partial charge in [-0.3, -0.25) is 0 Å². The van der Waals surface area contributed by atoms with Gasteiger partial charge in [0.1, 0.15) is 6.61 Å². The van der Waals surface area contributed by atoms with Gasteiger partial charge in [-0.1, -0.05) is 45.4 Å². The molecule has 0 fully saturated rings. The van der Waals surface area contributed by atoms with Gasteiger partial charge in [-0.05, 0) is 6.42 Å². The fourth-order valence-electron chi connectivity index (χ4n) is 1.98.